The molecule has 0 bridgehead atoms. The van der Waals surface area contributed by atoms with Crippen molar-refractivity contribution in [1.29, 1.82) is 0 Å². The Morgan fingerprint density at radius 2 is 2.12 bits per heavy atom. The summed E-state index contributed by atoms with van der Waals surface area (Å²) < 4.78 is 27.7. The molecular formula is C16H14F2N4O3S. The summed E-state index contributed by atoms with van der Waals surface area (Å²) in [6, 6.07) is 2.65. The molecule has 0 radical (unpaired) electrons. The van der Waals surface area contributed by atoms with E-state index in [0.29, 0.717) is 11.4 Å². The monoisotopic (exact) mass is 380 g/mol. The predicted molar refractivity (Wildman–Crippen MR) is 92.2 cm³/mol. The molecule has 10 heteroatoms. The molecule has 7 nitrogen and oxygen atoms in total. The molecule has 1 aliphatic heterocycles. The van der Waals surface area contributed by atoms with Gasteiger partial charge >= 0.3 is 0 Å². The minimum absolute atomic E-state index is 0.175. The Morgan fingerprint density at radius 1 is 1.35 bits per heavy atom. The highest BCUT2D eigenvalue weighted by molar-refractivity contribution is 8.00. The average Bonchev–Trinajstić information content (AvgIpc) is 2.61. The number of anilines is 2. The van der Waals surface area contributed by atoms with Crippen LogP contribution in [0.4, 0.5) is 20.2 Å². The van der Waals surface area contributed by atoms with E-state index in [0.717, 1.165) is 22.9 Å². The maximum Gasteiger partial charge on any atom is 0.292 e. The minimum atomic E-state index is -0.801. The Morgan fingerprint density at radius 3 is 2.85 bits per heavy atom. The third-order valence-electron chi connectivity index (χ3n) is 3.72. The van der Waals surface area contributed by atoms with Gasteiger partial charge in [0.25, 0.3) is 5.56 Å². The van der Waals surface area contributed by atoms with Crippen LogP contribution in [0.15, 0.2) is 34.1 Å². The van der Waals surface area contributed by atoms with E-state index in [-0.39, 0.29) is 23.0 Å². The number of thioether (sulfide) groups is 1. The van der Waals surface area contributed by atoms with Crippen LogP contribution < -0.4 is 15.8 Å². The van der Waals surface area contributed by atoms with Crippen LogP contribution in [0.1, 0.15) is 6.92 Å². The maximum atomic E-state index is 13.6. The number of carbonyl (C=O) groups is 2. The first-order valence-corrected chi connectivity index (χ1v) is 8.67. The molecule has 2 aromatic rings. The average molecular weight is 380 g/mol. The summed E-state index contributed by atoms with van der Waals surface area (Å²) in [6.45, 7) is 1.55. The second kappa shape index (κ2) is 7.24. The third-order valence-corrected chi connectivity index (χ3v) is 4.72. The van der Waals surface area contributed by atoms with Crippen LogP contribution in [0.3, 0.4) is 0 Å². The lowest BCUT2D eigenvalue weighted by molar-refractivity contribution is -0.117. The number of rotatable bonds is 4. The summed E-state index contributed by atoms with van der Waals surface area (Å²) in [4.78, 5) is 38.6. The molecule has 1 aromatic carbocycles. The molecule has 0 unspecified atom stereocenters. The first-order valence-electron chi connectivity index (χ1n) is 7.69. The fourth-order valence-corrected chi connectivity index (χ4v) is 3.42. The molecule has 2 heterocycles. The van der Waals surface area contributed by atoms with Gasteiger partial charge in [0.1, 0.15) is 23.9 Å². The predicted octanol–water partition coefficient (Wildman–Crippen LogP) is 1.62. The molecule has 1 aliphatic rings. The van der Waals surface area contributed by atoms with E-state index in [9.17, 15) is 23.2 Å². The molecule has 3 rings (SSSR count). The summed E-state index contributed by atoms with van der Waals surface area (Å²) in [6.07, 6.45) is 1.41. The largest absolute Gasteiger partial charge is 0.322 e. The van der Waals surface area contributed by atoms with Crippen LogP contribution in [-0.4, -0.2) is 33.9 Å². The summed E-state index contributed by atoms with van der Waals surface area (Å²) in [5, 5.41) is 6.12. The molecule has 0 atom stereocenters. The number of carbonyl (C=O) groups excluding carboxylic acids is 2. The number of amides is 2. The van der Waals surface area contributed by atoms with Gasteiger partial charge in [0.2, 0.25) is 11.8 Å². The molecule has 0 fully saturated rings. The molecule has 2 amide bonds. The molecule has 1 N–H and O–H groups in total. The van der Waals surface area contributed by atoms with Gasteiger partial charge in [-0.25, -0.2) is 13.5 Å². The standard InChI is InChI=1S/C16H14F2N4O3S/c1-2-21-14(24)8-26-12-6-19-22(16(25)15(12)21)7-13(23)20-11-5-9(17)3-4-10(11)18/h3-6H,2,7-8H2,1H3,(H,20,23). The number of hydrogen-bond acceptors (Lipinski definition) is 5. The number of fused-ring (bicyclic) bond motifs is 1. The number of hydrogen-bond donors (Lipinski definition) is 1. The SMILES string of the molecule is CCN1C(=O)CSc2cnn(CC(=O)Nc3cc(F)ccc3F)c(=O)c21. The number of nitrogens with one attached hydrogen (secondary N) is 1. The first kappa shape index (κ1) is 18.1. The molecule has 0 saturated carbocycles. The molecule has 0 saturated heterocycles. The van der Waals surface area contributed by atoms with Crippen molar-refractivity contribution in [3.05, 3.63) is 46.4 Å². The number of nitrogens with zero attached hydrogens (tertiary/aromatic N) is 3. The first-order chi connectivity index (χ1) is 12.4. The minimum Gasteiger partial charge on any atom is -0.322 e. The lowest BCUT2D eigenvalue weighted by atomic mass is 10.3. The van der Waals surface area contributed by atoms with E-state index in [1.807, 2.05) is 0 Å². The van der Waals surface area contributed by atoms with Crippen molar-refractivity contribution in [2.45, 2.75) is 18.4 Å². The van der Waals surface area contributed by atoms with Crippen molar-refractivity contribution in [1.82, 2.24) is 9.78 Å². The second-order valence-electron chi connectivity index (χ2n) is 5.42. The number of benzene rings is 1. The van der Waals surface area contributed by atoms with E-state index < -0.39 is 29.6 Å². The second-order valence-corrected chi connectivity index (χ2v) is 6.44. The Hall–Kier alpha value is -2.75. The smallest absolute Gasteiger partial charge is 0.292 e. The Labute approximate surface area is 151 Å². The van der Waals surface area contributed by atoms with Crippen molar-refractivity contribution in [2.24, 2.45) is 0 Å². The van der Waals surface area contributed by atoms with Crippen molar-refractivity contribution in [3.63, 3.8) is 0 Å². The highest BCUT2D eigenvalue weighted by Crippen LogP contribution is 2.31. The van der Waals surface area contributed by atoms with Crippen LogP contribution >= 0.6 is 11.8 Å². The Bertz CT molecular complexity index is 948. The summed E-state index contributed by atoms with van der Waals surface area (Å²) in [5.41, 5.74) is -0.754. The van der Waals surface area contributed by atoms with Gasteiger partial charge in [0.05, 0.1) is 22.5 Å². The lowest BCUT2D eigenvalue weighted by Crippen LogP contribution is -2.42. The van der Waals surface area contributed by atoms with Crippen molar-refractivity contribution in [3.8, 4) is 0 Å². The quantitative estimate of drug-likeness (QED) is 0.871. The maximum absolute atomic E-state index is 13.6. The molecule has 1 aromatic heterocycles. The van der Waals surface area contributed by atoms with Crippen LogP contribution in [-0.2, 0) is 16.1 Å². The highest BCUT2D eigenvalue weighted by Gasteiger charge is 2.28. The number of halogens is 2. The molecule has 136 valence electrons. The summed E-state index contributed by atoms with van der Waals surface area (Å²) in [5.74, 6) is -2.25. The summed E-state index contributed by atoms with van der Waals surface area (Å²) >= 11 is 1.21. The van der Waals surface area contributed by atoms with Crippen LogP contribution in [0, 0.1) is 11.6 Å². The van der Waals surface area contributed by atoms with E-state index in [1.54, 1.807) is 6.92 Å². The van der Waals surface area contributed by atoms with Gasteiger partial charge < -0.3 is 10.2 Å². The van der Waals surface area contributed by atoms with Crippen LogP contribution in [0.2, 0.25) is 0 Å². The van der Waals surface area contributed by atoms with E-state index in [4.69, 9.17) is 0 Å². The zero-order chi connectivity index (χ0) is 18.8. The zero-order valence-electron chi connectivity index (χ0n) is 13.7. The van der Waals surface area contributed by atoms with Crippen LogP contribution in [0.25, 0.3) is 0 Å². The van der Waals surface area contributed by atoms with Gasteiger partial charge in [-0.1, -0.05) is 0 Å². The van der Waals surface area contributed by atoms with Gasteiger partial charge in [-0.05, 0) is 19.1 Å². The van der Waals surface area contributed by atoms with Gasteiger partial charge in [-0.3, -0.25) is 14.4 Å². The van der Waals surface area contributed by atoms with E-state index >= 15 is 0 Å². The normalized spacial score (nSPS) is 13.5. The zero-order valence-corrected chi connectivity index (χ0v) is 14.5. The fraction of sp³-hybridized carbons (Fsp3) is 0.250. The van der Waals surface area contributed by atoms with E-state index in [1.165, 1.54) is 22.9 Å². The van der Waals surface area contributed by atoms with Gasteiger partial charge in [-0.15, -0.1) is 11.8 Å². The van der Waals surface area contributed by atoms with Gasteiger partial charge in [-0.2, -0.15) is 5.10 Å². The summed E-state index contributed by atoms with van der Waals surface area (Å²) in [7, 11) is 0. The Kier molecular flexibility index (Phi) is 5.03. The highest BCUT2D eigenvalue weighted by atomic mass is 32.2. The Balaban J connectivity index is 1.86. The van der Waals surface area contributed by atoms with Gasteiger partial charge in [0.15, 0.2) is 0 Å². The molecular weight excluding hydrogens is 366 g/mol. The third kappa shape index (κ3) is 3.45. The topological polar surface area (TPSA) is 84.3 Å². The van der Waals surface area contributed by atoms with Crippen molar-refractivity contribution in [2.75, 3.05) is 22.5 Å². The molecule has 26 heavy (non-hydrogen) atoms. The number of aromatic nitrogens is 2. The molecule has 0 aliphatic carbocycles. The van der Waals surface area contributed by atoms with E-state index in [2.05, 4.69) is 10.4 Å². The van der Waals surface area contributed by atoms with Gasteiger partial charge in [0, 0.05) is 12.6 Å². The lowest BCUT2D eigenvalue weighted by Gasteiger charge is -2.26. The van der Waals surface area contributed by atoms with Crippen molar-refractivity contribution >= 4 is 35.0 Å². The fourth-order valence-electron chi connectivity index (χ4n) is 2.53. The van der Waals surface area contributed by atoms with Crippen LogP contribution in [0.5, 0.6) is 0 Å². The van der Waals surface area contributed by atoms with Crippen molar-refractivity contribution < 1.29 is 18.4 Å². The molecule has 0 spiro atoms.